The second-order valence-electron chi connectivity index (χ2n) is 8.20. The summed E-state index contributed by atoms with van der Waals surface area (Å²) < 4.78 is 0. The summed E-state index contributed by atoms with van der Waals surface area (Å²) >= 11 is 0. The third kappa shape index (κ3) is 6.57. The lowest BCUT2D eigenvalue weighted by Gasteiger charge is -2.35. The Bertz CT molecular complexity index is 687. The summed E-state index contributed by atoms with van der Waals surface area (Å²) in [5, 5.41) is 3.33. The number of hydrogen-bond donors (Lipinski definition) is 2. The van der Waals surface area contributed by atoms with Crippen LogP contribution in [0.4, 0.5) is 5.69 Å². The van der Waals surface area contributed by atoms with Gasteiger partial charge in [0.05, 0.1) is 6.54 Å². The van der Waals surface area contributed by atoms with E-state index >= 15 is 0 Å². The van der Waals surface area contributed by atoms with Crippen molar-refractivity contribution in [3.8, 4) is 0 Å². The van der Waals surface area contributed by atoms with E-state index in [4.69, 9.17) is 5.73 Å². The first-order valence-corrected chi connectivity index (χ1v) is 11.3. The van der Waals surface area contributed by atoms with E-state index in [-0.39, 0.29) is 29.9 Å². The standard InChI is InChI=1S/C23H37N5O.HI/c1-3-18-10-7-11-19(4-2)21(18)26-23(24)25-12-13-27-14-16-28(17-15-27)22(29)20-8-5-6-9-20;/h7,10-11,20H,3-6,8-9,12-17H2,1-2H3,(H3,24,25,26);1H. The molecular weight excluding hydrogens is 489 g/mol. The number of benzene rings is 1. The molecular formula is C23H38IN5O. The van der Waals surface area contributed by atoms with Gasteiger partial charge >= 0.3 is 0 Å². The zero-order valence-corrected chi connectivity index (χ0v) is 20.9. The number of nitrogens with two attached hydrogens (primary N) is 1. The van der Waals surface area contributed by atoms with Crippen molar-refractivity contribution in [2.24, 2.45) is 16.6 Å². The summed E-state index contributed by atoms with van der Waals surface area (Å²) in [4.78, 5) is 21.5. The molecule has 1 heterocycles. The Morgan fingerprint density at radius 3 is 2.27 bits per heavy atom. The number of guanidine groups is 1. The van der Waals surface area contributed by atoms with Crippen LogP contribution in [-0.2, 0) is 17.6 Å². The van der Waals surface area contributed by atoms with Crippen LogP contribution in [0.3, 0.4) is 0 Å². The van der Waals surface area contributed by atoms with Crippen LogP contribution >= 0.6 is 24.0 Å². The average molecular weight is 527 g/mol. The van der Waals surface area contributed by atoms with E-state index in [1.54, 1.807) is 0 Å². The second kappa shape index (κ2) is 12.5. The van der Waals surface area contributed by atoms with Gasteiger partial charge in [-0.1, -0.05) is 44.9 Å². The van der Waals surface area contributed by atoms with Gasteiger partial charge < -0.3 is 16.0 Å². The second-order valence-corrected chi connectivity index (χ2v) is 8.20. The molecule has 0 radical (unpaired) electrons. The van der Waals surface area contributed by atoms with Gasteiger partial charge in [0.1, 0.15) is 0 Å². The molecule has 0 spiro atoms. The van der Waals surface area contributed by atoms with Gasteiger partial charge in [-0.15, -0.1) is 24.0 Å². The third-order valence-electron chi connectivity index (χ3n) is 6.34. The molecule has 7 heteroatoms. The van der Waals surface area contributed by atoms with Crippen molar-refractivity contribution >= 4 is 41.5 Å². The molecule has 0 atom stereocenters. The molecule has 0 unspecified atom stereocenters. The molecule has 2 fully saturated rings. The van der Waals surface area contributed by atoms with Crippen LogP contribution in [0.5, 0.6) is 0 Å². The predicted octanol–water partition coefficient (Wildman–Crippen LogP) is 3.49. The van der Waals surface area contributed by atoms with Crippen molar-refractivity contribution in [3.63, 3.8) is 0 Å². The normalized spacial score (nSPS) is 18.3. The number of carbonyl (C=O) groups is 1. The molecule has 168 valence electrons. The van der Waals surface area contributed by atoms with Crippen LogP contribution in [0.25, 0.3) is 0 Å². The Kier molecular flexibility index (Phi) is 10.4. The lowest BCUT2D eigenvalue weighted by Crippen LogP contribution is -2.50. The zero-order valence-electron chi connectivity index (χ0n) is 18.5. The number of anilines is 1. The molecule has 1 aliphatic heterocycles. The number of nitrogens with one attached hydrogen (secondary N) is 1. The summed E-state index contributed by atoms with van der Waals surface area (Å²) in [7, 11) is 0. The smallest absolute Gasteiger partial charge is 0.225 e. The van der Waals surface area contributed by atoms with E-state index in [1.807, 2.05) is 0 Å². The Labute approximate surface area is 198 Å². The number of amides is 1. The average Bonchev–Trinajstić information content (AvgIpc) is 3.29. The van der Waals surface area contributed by atoms with Gasteiger partial charge in [-0.3, -0.25) is 14.7 Å². The van der Waals surface area contributed by atoms with Crippen molar-refractivity contribution in [1.82, 2.24) is 9.80 Å². The minimum absolute atomic E-state index is 0. The number of para-hydroxylation sites is 1. The topological polar surface area (TPSA) is 74.0 Å². The van der Waals surface area contributed by atoms with E-state index in [2.05, 4.69) is 52.2 Å². The van der Waals surface area contributed by atoms with E-state index < -0.39 is 0 Å². The number of piperazine rings is 1. The highest BCUT2D eigenvalue weighted by atomic mass is 127. The fraction of sp³-hybridized carbons (Fsp3) is 0.652. The van der Waals surface area contributed by atoms with Crippen LogP contribution in [0.1, 0.15) is 50.7 Å². The summed E-state index contributed by atoms with van der Waals surface area (Å²) in [5.41, 5.74) is 9.81. The van der Waals surface area contributed by atoms with Crippen LogP contribution < -0.4 is 11.1 Å². The van der Waals surface area contributed by atoms with Gasteiger partial charge in [0.15, 0.2) is 5.96 Å². The highest BCUT2D eigenvalue weighted by molar-refractivity contribution is 14.0. The van der Waals surface area contributed by atoms with Crippen LogP contribution in [0, 0.1) is 5.92 Å². The Morgan fingerprint density at radius 1 is 1.10 bits per heavy atom. The van der Waals surface area contributed by atoms with E-state index in [9.17, 15) is 4.79 Å². The van der Waals surface area contributed by atoms with E-state index in [1.165, 1.54) is 24.0 Å². The van der Waals surface area contributed by atoms with Gasteiger partial charge in [0, 0.05) is 44.3 Å². The van der Waals surface area contributed by atoms with Crippen LogP contribution in [0.15, 0.2) is 23.2 Å². The number of carbonyl (C=O) groups excluding carboxylic acids is 1. The predicted molar refractivity (Wildman–Crippen MR) is 136 cm³/mol. The summed E-state index contributed by atoms with van der Waals surface area (Å²) in [6, 6.07) is 6.38. The first-order chi connectivity index (χ1) is 14.1. The van der Waals surface area contributed by atoms with Crippen molar-refractivity contribution in [1.29, 1.82) is 0 Å². The molecule has 1 aromatic rings. The van der Waals surface area contributed by atoms with Crippen molar-refractivity contribution in [2.75, 3.05) is 44.6 Å². The number of rotatable bonds is 7. The van der Waals surface area contributed by atoms with Crippen molar-refractivity contribution < 1.29 is 4.79 Å². The first-order valence-electron chi connectivity index (χ1n) is 11.3. The Morgan fingerprint density at radius 2 is 1.70 bits per heavy atom. The molecule has 1 amide bonds. The molecule has 0 aromatic heterocycles. The third-order valence-corrected chi connectivity index (χ3v) is 6.34. The maximum atomic E-state index is 12.5. The number of aliphatic imine (C=N–C) groups is 1. The maximum absolute atomic E-state index is 12.5. The van der Waals surface area contributed by atoms with Crippen LogP contribution in [-0.4, -0.2) is 60.9 Å². The first kappa shape index (κ1) is 24.9. The molecule has 3 rings (SSSR count). The minimum Gasteiger partial charge on any atom is -0.370 e. The molecule has 1 aromatic carbocycles. The van der Waals surface area contributed by atoms with Gasteiger partial charge in [0.2, 0.25) is 5.91 Å². The van der Waals surface area contributed by atoms with Crippen molar-refractivity contribution in [3.05, 3.63) is 29.3 Å². The summed E-state index contributed by atoms with van der Waals surface area (Å²) in [6.07, 6.45) is 6.53. The van der Waals surface area contributed by atoms with E-state index in [0.717, 1.165) is 64.1 Å². The highest BCUT2D eigenvalue weighted by Crippen LogP contribution is 2.27. The van der Waals surface area contributed by atoms with Gasteiger partial charge in [-0.05, 0) is 36.8 Å². The van der Waals surface area contributed by atoms with Gasteiger partial charge in [0.25, 0.3) is 0 Å². The molecule has 3 N–H and O–H groups in total. The highest BCUT2D eigenvalue weighted by Gasteiger charge is 2.29. The van der Waals surface area contributed by atoms with Crippen LogP contribution in [0.2, 0.25) is 0 Å². The maximum Gasteiger partial charge on any atom is 0.225 e. The van der Waals surface area contributed by atoms with Gasteiger partial charge in [-0.2, -0.15) is 0 Å². The number of aryl methyl sites for hydroxylation is 2. The number of nitrogens with zero attached hydrogens (tertiary/aromatic N) is 3. The van der Waals surface area contributed by atoms with Gasteiger partial charge in [-0.25, -0.2) is 0 Å². The fourth-order valence-electron chi connectivity index (χ4n) is 4.51. The minimum atomic E-state index is 0. The monoisotopic (exact) mass is 527 g/mol. The molecule has 2 aliphatic rings. The quantitative estimate of drug-likeness (QED) is 0.324. The largest absolute Gasteiger partial charge is 0.370 e. The molecule has 1 saturated heterocycles. The summed E-state index contributed by atoms with van der Waals surface area (Å²) in [5.74, 6) is 1.15. The Hall–Kier alpha value is -1.35. The SMILES string of the molecule is CCc1cccc(CC)c1NC(N)=NCCN1CCN(C(=O)C2CCCC2)CC1.I. The Balaban J connectivity index is 0.00000320. The lowest BCUT2D eigenvalue weighted by atomic mass is 10.0. The molecule has 6 nitrogen and oxygen atoms in total. The molecule has 1 saturated carbocycles. The molecule has 0 bridgehead atoms. The number of halogens is 1. The zero-order chi connectivity index (χ0) is 20.6. The fourth-order valence-corrected chi connectivity index (χ4v) is 4.51. The number of hydrogen-bond acceptors (Lipinski definition) is 3. The molecule has 1 aliphatic carbocycles. The molecule has 30 heavy (non-hydrogen) atoms. The summed E-state index contributed by atoms with van der Waals surface area (Å²) in [6.45, 7) is 9.41. The lowest BCUT2D eigenvalue weighted by molar-refractivity contribution is -0.137. The van der Waals surface area contributed by atoms with Crippen molar-refractivity contribution in [2.45, 2.75) is 52.4 Å². The van der Waals surface area contributed by atoms with E-state index in [0.29, 0.717) is 18.4 Å².